The van der Waals surface area contributed by atoms with Gasteiger partial charge in [0.05, 0.1) is 13.0 Å². The molecule has 3 nitrogen and oxygen atoms in total. The summed E-state index contributed by atoms with van der Waals surface area (Å²) in [5.74, 6) is -0.168. The minimum absolute atomic E-state index is 0.120. The highest BCUT2D eigenvalue weighted by Crippen LogP contribution is 2.34. The first kappa shape index (κ1) is 18.0. The SMILES string of the molecule is CCOC(=O)CC(C)(C)CC(N)c1cc(C)c(Cl)cc1C. The van der Waals surface area contributed by atoms with E-state index in [1.165, 1.54) is 0 Å². The summed E-state index contributed by atoms with van der Waals surface area (Å²) >= 11 is 6.13. The molecule has 1 aromatic rings. The summed E-state index contributed by atoms with van der Waals surface area (Å²) in [5.41, 5.74) is 9.36. The fourth-order valence-corrected chi connectivity index (χ4v) is 2.80. The molecule has 0 aliphatic carbocycles. The van der Waals surface area contributed by atoms with Gasteiger partial charge in [-0.3, -0.25) is 4.79 Å². The molecular weight excluding hydrogens is 286 g/mol. The molecular formula is C17H26ClNO2. The largest absolute Gasteiger partial charge is 0.466 e. The van der Waals surface area contributed by atoms with E-state index in [0.29, 0.717) is 19.4 Å². The zero-order chi connectivity index (χ0) is 16.2. The number of rotatable bonds is 6. The molecule has 1 aromatic carbocycles. The topological polar surface area (TPSA) is 52.3 Å². The minimum Gasteiger partial charge on any atom is -0.466 e. The van der Waals surface area contributed by atoms with Crippen molar-refractivity contribution >= 4 is 17.6 Å². The minimum atomic E-state index is -0.203. The van der Waals surface area contributed by atoms with Crippen LogP contribution in [0.25, 0.3) is 0 Å². The van der Waals surface area contributed by atoms with Crippen molar-refractivity contribution in [3.63, 3.8) is 0 Å². The van der Waals surface area contributed by atoms with Crippen LogP contribution in [0.15, 0.2) is 12.1 Å². The van der Waals surface area contributed by atoms with Crippen LogP contribution in [0.5, 0.6) is 0 Å². The van der Waals surface area contributed by atoms with E-state index in [-0.39, 0.29) is 17.4 Å². The van der Waals surface area contributed by atoms with Crippen LogP contribution in [0.2, 0.25) is 5.02 Å². The van der Waals surface area contributed by atoms with Crippen LogP contribution in [0.1, 0.15) is 56.3 Å². The highest BCUT2D eigenvalue weighted by atomic mass is 35.5. The third kappa shape index (κ3) is 5.33. The average Bonchev–Trinajstić information content (AvgIpc) is 2.32. The highest BCUT2D eigenvalue weighted by molar-refractivity contribution is 6.31. The normalized spacial score (nSPS) is 13.1. The number of hydrogen-bond donors (Lipinski definition) is 1. The second-order valence-electron chi connectivity index (χ2n) is 6.41. The molecule has 0 aliphatic rings. The Morgan fingerprint density at radius 3 is 2.52 bits per heavy atom. The molecule has 1 rings (SSSR count). The molecule has 4 heteroatoms. The molecule has 0 aliphatic heterocycles. The lowest BCUT2D eigenvalue weighted by Gasteiger charge is -2.28. The van der Waals surface area contributed by atoms with Gasteiger partial charge in [-0.05, 0) is 55.4 Å². The lowest BCUT2D eigenvalue weighted by molar-refractivity contribution is -0.145. The first-order chi connectivity index (χ1) is 9.66. The molecule has 21 heavy (non-hydrogen) atoms. The monoisotopic (exact) mass is 311 g/mol. The maximum Gasteiger partial charge on any atom is 0.306 e. The molecule has 118 valence electrons. The van der Waals surface area contributed by atoms with E-state index in [0.717, 1.165) is 21.7 Å². The number of nitrogens with two attached hydrogens (primary N) is 1. The maximum absolute atomic E-state index is 11.7. The molecule has 0 amide bonds. The number of benzene rings is 1. The Bertz CT molecular complexity index is 512. The zero-order valence-electron chi connectivity index (χ0n) is 13.6. The first-order valence-corrected chi connectivity index (χ1v) is 7.72. The fourth-order valence-electron chi connectivity index (χ4n) is 2.58. The van der Waals surface area contributed by atoms with Gasteiger partial charge in [-0.2, -0.15) is 0 Å². The summed E-state index contributed by atoms with van der Waals surface area (Å²) in [4.78, 5) is 11.7. The van der Waals surface area contributed by atoms with Gasteiger partial charge in [-0.15, -0.1) is 0 Å². The Balaban J connectivity index is 2.82. The van der Waals surface area contributed by atoms with Gasteiger partial charge in [0.1, 0.15) is 0 Å². The number of ether oxygens (including phenoxy) is 1. The predicted molar refractivity (Wildman–Crippen MR) is 87.5 cm³/mol. The standard InChI is InChI=1S/C17H26ClNO2/c1-6-21-16(20)10-17(4,5)9-15(19)13-7-12(3)14(18)8-11(13)2/h7-8,15H,6,9-10,19H2,1-5H3. The molecule has 1 unspecified atom stereocenters. The van der Waals surface area contributed by atoms with Gasteiger partial charge in [0.2, 0.25) is 0 Å². The molecule has 0 saturated carbocycles. The van der Waals surface area contributed by atoms with Gasteiger partial charge in [0.15, 0.2) is 0 Å². The number of esters is 1. The molecule has 1 atom stereocenters. The third-order valence-corrected chi connectivity index (χ3v) is 4.05. The van der Waals surface area contributed by atoms with Crippen molar-refractivity contribution in [2.24, 2.45) is 11.1 Å². The second kappa shape index (κ2) is 7.28. The van der Waals surface area contributed by atoms with Crippen molar-refractivity contribution in [3.8, 4) is 0 Å². The van der Waals surface area contributed by atoms with Crippen LogP contribution in [0.4, 0.5) is 0 Å². The van der Waals surface area contributed by atoms with Crippen molar-refractivity contribution in [3.05, 3.63) is 33.8 Å². The van der Waals surface area contributed by atoms with E-state index < -0.39 is 0 Å². The van der Waals surface area contributed by atoms with E-state index in [1.807, 2.05) is 46.8 Å². The first-order valence-electron chi connectivity index (χ1n) is 7.34. The van der Waals surface area contributed by atoms with Crippen LogP contribution < -0.4 is 5.73 Å². The van der Waals surface area contributed by atoms with E-state index in [1.54, 1.807) is 0 Å². The van der Waals surface area contributed by atoms with Crippen molar-refractivity contribution in [2.75, 3.05) is 6.61 Å². The quantitative estimate of drug-likeness (QED) is 0.796. The maximum atomic E-state index is 11.7. The van der Waals surface area contributed by atoms with Crippen LogP contribution in [-0.2, 0) is 9.53 Å². The van der Waals surface area contributed by atoms with Gasteiger partial charge < -0.3 is 10.5 Å². The predicted octanol–water partition coefficient (Wildman–Crippen LogP) is 4.33. The van der Waals surface area contributed by atoms with Crippen LogP contribution >= 0.6 is 11.6 Å². The average molecular weight is 312 g/mol. The highest BCUT2D eigenvalue weighted by Gasteiger charge is 2.27. The second-order valence-corrected chi connectivity index (χ2v) is 6.82. The zero-order valence-corrected chi connectivity index (χ0v) is 14.4. The number of hydrogen-bond acceptors (Lipinski definition) is 3. The molecule has 0 heterocycles. The Morgan fingerprint density at radius 2 is 1.95 bits per heavy atom. The van der Waals surface area contributed by atoms with E-state index in [2.05, 4.69) is 0 Å². The van der Waals surface area contributed by atoms with Gasteiger partial charge >= 0.3 is 5.97 Å². The number of carbonyl (C=O) groups is 1. The van der Waals surface area contributed by atoms with Gasteiger partial charge in [-0.25, -0.2) is 0 Å². The van der Waals surface area contributed by atoms with Gasteiger partial charge in [-0.1, -0.05) is 31.5 Å². The van der Waals surface area contributed by atoms with Crippen LogP contribution in [-0.4, -0.2) is 12.6 Å². The van der Waals surface area contributed by atoms with Crippen molar-refractivity contribution < 1.29 is 9.53 Å². The Morgan fingerprint density at radius 1 is 1.33 bits per heavy atom. The summed E-state index contributed by atoms with van der Waals surface area (Å²) in [5, 5.41) is 0.759. The van der Waals surface area contributed by atoms with E-state index >= 15 is 0 Å². The lowest BCUT2D eigenvalue weighted by atomic mass is 9.80. The summed E-state index contributed by atoms with van der Waals surface area (Å²) < 4.78 is 5.03. The molecule has 0 bridgehead atoms. The van der Waals surface area contributed by atoms with E-state index in [4.69, 9.17) is 22.1 Å². The van der Waals surface area contributed by atoms with E-state index in [9.17, 15) is 4.79 Å². The van der Waals surface area contributed by atoms with Crippen molar-refractivity contribution in [2.45, 2.75) is 53.5 Å². The molecule has 0 radical (unpaired) electrons. The molecule has 0 spiro atoms. The molecule has 0 saturated heterocycles. The van der Waals surface area contributed by atoms with Gasteiger partial charge in [0, 0.05) is 11.1 Å². The number of carbonyl (C=O) groups excluding carboxylic acids is 1. The number of halogens is 1. The molecule has 0 fully saturated rings. The summed E-state index contributed by atoms with van der Waals surface area (Å²) in [7, 11) is 0. The van der Waals surface area contributed by atoms with Gasteiger partial charge in [0.25, 0.3) is 0 Å². The summed E-state index contributed by atoms with van der Waals surface area (Å²) in [6.07, 6.45) is 1.09. The third-order valence-electron chi connectivity index (χ3n) is 3.65. The summed E-state index contributed by atoms with van der Waals surface area (Å²) in [6.45, 7) is 10.3. The van der Waals surface area contributed by atoms with Crippen molar-refractivity contribution in [1.82, 2.24) is 0 Å². The molecule has 0 aromatic heterocycles. The molecule has 2 N–H and O–H groups in total. The van der Waals surface area contributed by atoms with Crippen LogP contribution in [0.3, 0.4) is 0 Å². The van der Waals surface area contributed by atoms with Crippen LogP contribution in [0, 0.1) is 19.3 Å². The van der Waals surface area contributed by atoms with Crippen molar-refractivity contribution in [1.29, 1.82) is 0 Å². The Labute approximate surface area is 132 Å². The Kier molecular flexibility index (Phi) is 6.24. The number of aryl methyl sites for hydroxylation is 2. The lowest BCUT2D eigenvalue weighted by Crippen LogP contribution is -2.25. The Hall–Kier alpha value is -1.06. The smallest absolute Gasteiger partial charge is 0.306 e. The fraction of sp³-hybridized carbons (Fsp3) is 0.588. The summed E-state index contributed by atoms with van der Waals surface area (Å²) in [6, 6.07) is 3.87.